The van der Waals surface area contributed by atoms with Gasteiger partial charge in [0.05, 0.1) is 22.9 Å². The van der Waals surface area contributed by atoms with Crippen molar-refractivity contribution < 1.29 is 8.42 Å². The van der Waals surface area contributed by atoms with Crippen molar-refractivity contribution in [3.05, 3.63) is 84.9 Å². The van der Waals surface area contributed by atoms with Crippen molar-refractivity contribution in [1.29, 1.82) is 0 Å². The second-order valence-electron chi connectivity index (χ2n) is 5.36. The van der Waals surface area contributed by atoms with E-state index in [0.717, 1.165) is 5.69 Å². The monoisotopic (exact) mass is 353 g/mol. The van der Waals surface area contributed by atoms with Gasteiger partial charge in [0.25, 0.3) is 10.0 Å². The van der Waals surface area contributed by atoms with Gasteiger partial charge in [-0.1, -0.05) is 48.5 Å². The number of hydrogen-bond donors (Lipinski definition) is 3. The van der Waals surface area contributed by atoms with E-state index in [1.54, 1.807) is 42.5 Å². The fourth-order valence-electron chi connectivity index (χ4n) is 2.33. The number of hydrogen-bond acceptors (Lipinski definition) is 4. The summed E-state index contributed by atoms with van der Waals surface area (Å²) in [5.74, 6) is 0. The lowest BCUT2D eigenvalue weighted by atomic mass is 10.3. The van der Waals surface area contributed by atoms with E-state index in [4.69, 9.17) is 0 Å². The zero-order chi connectivity index (χ0) is 17.5. The fraction of sp³-hybridized carbons (Fsp3) is 0.0526. The number of benzene rings is 3. The number of para-hydroxylation sites is 3. The Hall–Kier alpha value is -2.99. The summed E-state index contributed by atoms with van der Waals surface area (Å²) in [6.45, 7) is 0.466. The molecule has 0 fully saturated rings. The molecule has 0 saturated heterocycles. The standard InChI is InChI=1S/C19H19N3O2S/c23-25(24,17-11-5-2-6-12-17)22-19-14-8-7-13-18(19)21-15-20-16-9-3-1-4-10-16/h1-14,20-22H,15H2. The first-order valence-corrected chi connectivity index (χ1v) is 9.33. The Morgan fingerprint density at radius 3 is 1.88 bits per heavy atom. The molecule has 0 amide bonds. The number of nitrogens with one attached hydrogen (secondary N) is 3. The van der Waals surface area contributed by atoms with Crippen LogP contribution < -0.4 is 15.4 Å². The van der Waals surface area contributed by atoms with Crippen LogP contribution in [0.5, 0.6) is 0 Å². The Labute approximate surface area is 147 Å². The van der Waals surface area contributed by atoms with E-state index in [1.807, 2.05) is 42.5 Å². The summed E-state index contributed by atoms with van der Waals surface area (Å²) < 4.78 is 27.6. The zero-order valence-electron chi connectivity index (χ0n) is 13.5. The summed E-state index contributed by atoms with van der Waals surface area (Å²) in [6, 6.07) is 25.3. The first-order chi connectivity index (χ1) is 12.1. The van der Waals surface area contributed by atoms with E-state index in [-0.39, 0.29) is 4.90 Å². The van der Waals surface area contributed by atoms with Crippen LogP contribution in [0.25, 0.3) is 0 Å². The minimum atomic E-state index is -3.62. The topological polar surface area (TPSA) is 70.2 Å². The molecule has 3 aromatic rings. The third-order valence-electron chi connectivity index (χ3n) is 3.57. The fourth-order valence-corrected chi connectivity index (χ4v) is 3.43. The minimum absolute atomic E-state index is 0.229. The highest BCUT2D eigenvalue weighted by atomic mass is 32.2. The van der Waals surface area contributed by atoms with Gasteiger partial charge in [-0.15, -0.1) is 0 Å². The second kappa shape index (κ2) is 7.72. The highest BCUT2D eigenvalue weighted by Crippen LogP contribution is 2.24. The Balaban J connectivity index is 1.71. The van der Waals surface area contributed by atoms with Gasteiger partial charge in [-0.25, -0.2) is 8.42 Å². The molecular weight excluding hydrogens is 334 g/mol. The lowest BCUT2D eigenvalue weighted by molar-refractivity contribution is 0.601. The SMILES string of the molecule is O=S(=O)(Nc1ccccc1NCNc1ccccc1)c1ccccc1. The molecule has 0 aliphatic rings. The van der Waals surface area contributed by atoms with Crippen LogP contribution >= 0.6 is 0 Å². The summed E-state index contributed by atoms with van der Waals surface area (Å²) in [5, 5.41) is 6.42. The first kappa shape index (κ1) is 16.9. The normalized spacial score (nSPS) is 10.9. The third-order valence-corrected chi connectivity index (χ3v) is 4.95. The van der Waals surface area contributed by atoms with Gasteiger partial charge in [-0.2, -0.15) is 0 Å². The molecule has 0 heterocycles. The lowest BCUT2D eigenvalue weighted by Crippen LogP contribution is -2.16. The summed E-state index contributed by atoms with van der Waals surface area (Å²) in [5.41, 5.74) is 2.18. The number of rotatable bonds is 7. The molecule has 0 aromatic heterocycles. The number of anilines is 3. The summed E-state index contributed by atoms with van der Waals surface area (Å²) in [4.78, 5) is 0.229. The predicted octanol–water partition coefficient (Wildman–Crippen LogP) is 3.97. The second-order valence-corrected chi connectivity index (χ2v) is 7.04. The molecule has 3 aromatic carbocycles. The highest BCUT2D eigenvalue weighted by molar-refractivity contribution is 7.92. The van der Waals surface area contributed by atoms with Crippen molar-refractivity contribution in [3.8, 4) is 0 Å². The molecular formula is C19H19N3O2S. The molecule has 0 aliphatic carbocycles. The van der Waals surface area contributed by atoms with Crippen LogP contribution in [0.2, 0.25) is 0 Å². The lowest BCUT2D eigenvalue weighted by Gasteiger charge is -2.15. The molecule has 0 atom stereocenters. The molecule has 0 spiro atoms. The van der Waals surface area contributed by atoms with Crippen LogP contribution in [0.3, 0.4) is 0 Å². The molecule has 0 saturated carbocycles. The van der Waals surface area contributed by atoms with Crippen molar-refractivity contribution in [1.82, 2.24) is 0 Å². The summed E-state index contributed by atoms with van der Waals surface area (Å²) >= 11 is 0. The predicted molar refractivity (Wildman–Crippen MR) is 102 cm³/mol. The maximum Gasteiger partial charge on any atom is 0.261 e. The van der Waals surface area contributed by atoms with E-state index < -0.39 is 10.0 Å². The van der Waals surface area contributed by atoms with Crippen molar-refractivity contribution in [3.63, 3.8) is 0 Å². The smallest absolute Gasteiger partial charge is 0.261 e. The van der Waals surface area contributed by atoms with Gasteiger partial charge in [-0.05, 0) is 36.4 Å². The van der Waals surface area contributed by atoms with E-state index >= 15 is 0 Å². The van der Waals surface area contributed by atoms with Crippen LogP contribution in [0.1, 0.15) is 0 Å². The van der Waals surface area contributed by atoms with Crippen LogP contribution in [-0.4, -0.2) is 15.1 Å². The Bertz CT molecular complexity index is 914. The molecule has 6 heteroatoms. The van der Waals surface area contributed by atoms with Gasteiger partial charge >= 0.3 is 0 Å². The molecule has 3 N–H and O–H groups in total. The molecule has 3 rings (SSSR count). The zero-order valence-corrected chi connectivity index (χ0v) is 14.3. The molecule has 5 nitrogen and oxygen atoms in total. The van der Waals surface area contributed by atoms with Crippen LogP contribution in [0.4, 0.5) is 17.1 Å². The Kier molecular flexibility index (Phi) is 5.20. The van der Waals surface area contributed by atoms with Gasteiger partial charge in [0.2, 0.25) is 0 Å². The van der Waals surface area contributed by atoms with Gasteiger partial charge < -0.3 is 10.6 Å². The molecule has 0 radical (unpaired) electrons. The van der Waals surface area contributed by atoms with Crippen molar-refractivity contribution in [2.45, 2.75) is 4.90 Å². The van der Waals surface area contributed by atoms with E-state index in [2.05, 4.69) is 15.4 Å². The van der Waals surface area contributed by atoms with Gasteiger partial charge in [-0.3, -0.25) is 4.72 Å². The Morgan fingerprint density at radius 1 is 0.640 bits per heavy atom. The van der Waals surface area contributed by atoms with Crippen LogP contribution in [0, 0.1) is 0 Å². The minimum Gasteiger partial charge on any atom is -0.368 e. The van der Waals surface area contributed by atoms with Gasteiger partial charge in [0.15, 0.2) is 0 Å². The van der Waals surface area contributed by atoms with E-state index in [0.29, 0.717) is 18.0 Å². The summed E-state index contributed by atoms with van der Waals surface area (Å²) in [6.07, 6.45) is 0. The third kappa shape index (κ3) is 4.51. The van der Waals surface area contributed by atoms with Gasteiger partial charge in [0.1, 0.15) is 0 Å². The van der Waals surface area contributed by atoms with Gasteiger partial charge in [0, 0.05) is 5.69 Å². The quantitative estimate of drug-likeness (QED) is 0.562. The average Bonchev–Trinajstić information content (AvgIpc) is 2.64. The largest absolute Gasteiger partial charge is 0.368 e. The van der Waals surface area contributed by atoms with Crippen molar-refractivity contribution in [2.24, 2.45) is 0 Å². The summed E-state index contributed by atoms with van der Waals surface area (Å²) in [7, 11) is -3.62. The van der Waals surface area contributed by atoms with Crippen molar-refractivity contribution >= 4 is 27.1 Å². The Morgan fingerprint density at radius 2 is 1.20 bits per heavy atom. The van der Waals surface area contributed by atoms with Crippen molar-refractivity contribution in [2.75, 3.05) is 22.0 Å². The first-order valence-electron chi connectivity index (χ1n) is 7.85. The molecule has 128 valence electrons. The van der Waals surface area contributed by atoms with Crippen LogP contribution in [-0.2, 0) is 10.0 Å². The van der Waals surface area contributed by atoms with E-state index in [9.17, 15) is 8.42 Å². The maximum absolute atomic E-state index is 12.5. The molecule has 25 heavy (non-hydrogen) atoms. The molecule has 0 bridgehead atoms. The van der Waals surface area contributed by atoms with E-state index in [1.165, 1.54) is 0 Å². The molecule has 0 unspecified atom stereocenters. The maximum atomic E-state index is 12.5. The number of sulfonamides is 1. The average molecular weight is 353 g/mol. The van der Waals surface area contributed by atoms with Crippen LogP contribution in [0.15, 0.2) is 89.8 Å². The molecule has 0 aliphatic heterocycles. The highest BCUT2D eigenvalue weighted by Gasteiger charge is 2.15.